The van der Waals surface area contributed by atoms with Crippen LogP contribution in [0.15, 0.2) is 52.9 Å². The van der Waals surface area contributed by atoms with Gasteiger partial charge in [0.25, 0.3) is 0 Å². The van der Waals surface area contributed by atoms with E-state index in [2.05, 4.69) is 22.1 Å². The molecule has 0 bridgehead atoms. The highest BCUT2D eigenvalue weighted by Crippen LogP contribution is 2.32. The second-order valence-electron chi connectivity index (χ2n) is 6.20. The van der Waals surface area contributed by atoms with Gasteiger partial charge >= 0.3 is 0 Å². The van der Waals surface area contributed by atoms with E-state index in [1.54, 1.807) is 47.2 Å². The zero-order valence-corrected chi connectivity index (χ0v) is 17.5. The van der Waals surface area contributed by atoms with Gasteiger partial charge in [-0.3, -0.25) is 19.4 Å². The van der Waals surface area contributed by atoms with E-state index in [1.165, 1.54) is 0 Å². The molecule has 0 spiro atoms. The summed E-state index contributed by atoms with van der Waals surface area (Å²) in [4.78, 5) is 6.58. The van der Waals surface area contributed by atoms with Crippen LogP contribution in [0, 0.1) is 5.41 Å². The smallest absolute Gasteiger partial charge is 0.135 e. The molecule has 2 rings (SSSR count). The Hall–Kier alpha value is -2.78. The Kier molecular flexibility index (Phi) is 8.09. The minimum Gasteiger partial charge on any atom is -0.495 e. The van der Waals surface area contributed by atoms with Crippen molar-refractivity contribution < 1.29 is 4.74 Å². The quantitative estimate of drug-likeness (QED) is 0.362. The first-order valence-corrected chi connectivity index (χ1v) is 9.41. The molecule has 0 aliphatic carbocycles. The number of rotatable bonds is 10. The van der Waals surface area contributed by atoms with E-state index in [9.17, 15) is 0 Å². The summed E-state index contributed by atoms with van der Waals surface area (Å²) < 4.78 is 9.24. The zero-order chi connectivity index (χ0) is 20.5. The Bertz CT molecular complexity index is 831. The molecular formula is C19H27N7OS. The van der Waals surface area contributed by atoms with Crippen LogP contribution >= 0.6 is 11.9 Å². The number of hydrogen-bond acceptors (Lipinski definition) is 7. The molecule has 2 aromatic rings. The highest BCUT2D eigenvalue weighted by atomic mass is 32.2. The number of benzene rings is 1. The van der Waals surface area contributed by atoms with Crippen molar-refractivity contribution in [3.63, 3.8) is 0 Å². The monoisotopic (exact) mass is 401 g/mol. The second kappa shape index (κ2) is 10.5. The van der Waals surface area contributed by atoms with Crippen molar-refractivity contribution in [2.24, 2.45) is 12.0 Å². The van der Waals surface area contributed by atoms with Gasteiger partial charge in [0.05, 0.1) is 31.3 Å². The molecule has 1 aromatic carbocycles. The molecule has 1 aromatic heterocycles. The van der Waals surface area contributed by atoms with Crippen LogP contribution in [0.2, 0.25) is 0 Å². The Morgan fingerprint density at radius 3 is 2.86 bits per heavy atom. The van der Waals surface area contributed by atoms with Crippen molar-refractivity contribution in [3.05, 3.63) is 48.6 Å². The third-order valence-corrected chi connectivity index (χ3v) is 4.61. The van der Waals surface area contributed by atoms with Gasteiger partial charge in [0, 0.05) is 43.0 Å². The van der Waals surface area contributed by atoms with Gasteiger partial charge in [0.2, 0.25) is 0 Å². The molecule has 0 saturated heterocycles. The van der Waals surface area contributed by atoms with Crippen LogP contribution in [-0.4, -0.2) is 59.3 Å². The molecule has 0 saturated carbocycles. The first-order valence-electron chi connectivity index (χ1n) is 8.64. The summed E-state index contributed by atoms with van der Waals surface area (Å²) in [5.41, 5.74) is 1.89. The van der Waals surface area contributed by atoms with E-state index < -0.39 is 0 Å². The number of aliphatic imine (C=N–C) groups is 1. The lowest BCUT2D eigenvalue weighted by Gasteiger charge is -2.21. The topological polar surface area (TPSA) is 81.8 Å². The first kappa shape index (κ1) is 21.5. The Morgan fingerprint density at radius 1 is 1.46 bits per heavy atom. The van der Waals surface area contributed by atoms with Crippen LogP contribution in [0.4, 0.5) is 5.69 Å². The summed E-state index contributed by atoms with van der Waals surface area (Å²) in [6.07, 6.45) is 7.02. The Morgan fingerprint density at radius 2 is 2.25 bits per heavy atom. The van der Waals surface area contributed by atoms with Crippen molar-refractivity contribution in [2.75, 3.05) is 33.1 Å². The molecule has 9 heteroatoms. The lowest BCUT2D eigenvalue weighted by molar-refractivity contribution is 0.404. The number of nitrogens with one attached hydrogen (secondary N) is 2. The summed E-state index contributed by atoms with van der Waals surface area (Å²) in [6, 6.07) is 5.92. The van der Waals surface area contributed by atoms with Gasteiger partial charge < -0.3 is 15.0 Å². The van der Waals surface area contributed by atoms with Crippen LogP contribution in [-0.2, 0) is 13.6 Å². The van der Waals surface area contributed by atoms with Gasteiger partial charge in [0.1, 0.15) is 11.6 Å². The number of methoxy groups -OCH3 is 1. The first-order chi connectivity index (χ1) is 13.4. The summed E-state index contributed by atoms with van der Waals surface area (Å²) >= 11 is 1.60. The van der Waals surface area contributed by atoms with Crippen molar-refractivity contribution >= 4 is 30.2 Å². The van der Waals surface area contributed by atoms with Crippen LogP contribution in [0.25, 0.3) is 0 Å². The molecule has 1 heterocycles. The van der Waals surface area contributed by atoms with Gasteiger partial charge in [-0.2, -0.15) is 5.10 Å². The molecule has 0 atom stereocenters. The highest BCUT2D eigenvalue weighted by Gasteiger charge is 2.11. The maximum atomic E-state index is 8.44. The third-order valence-electron chi connectivity index (χ3n) is 3.71. The summed E-state index contributed by atoms with van der Waals surface area (Å²) in [7, 11) is 7.50. The number of nitrogens with zero attached hydrogens (tertiary/aromatic N) is 5. The lowest BCUT2D eigenvalue weighted by Crippen LogP contribution is -2.30. The molecule has 0 amide bonds. The lowest BCUT2D eigenvalue weighted by atomic mass is 10.3. The molecule has 0 fully saturated rings. The van der Waals surface area contributed by atoms with Crippen LogP contribution in [0.1, 0.15) is 5.56 Å². The third kappa shape index (κ3) is 6.43. The van der Waals surface area contributed by atoms with E-state index in [0.717, 1.165) is 21.9 Å². The van der Waals surface area contributed by atoms with Crippen molar-refractivity contribution in [1.82, 2.24) is 19.0 Å². The van der Waals surface area contributed by atoms with Gasteiger partial charge in [-0.25, -0.2) is 0 Å². The standard InChI is InChI=1S/C19H27N7OS/c1-21-8-9-26(14-15-11-23-25(4)13-15)19(20)12-22-16-6-7-18(28-24(2)3)17(10-16)27-5/h6-11,13,20,22H,1,12,14H2,2-5H3/b9-8-,20-19?. The van der Waals surface area contributed by atoms with E-state index in [-0.39, 0.29) is 0 Å². The Labute approximate surface area is 170 Å². The van der Waals surface area contributed by atoms with Gasteiger partial charge in [-0.1, -0.05) is 0 Å². The molecule has 0 aliphatic rings. The molecule has 150 valence electrons. The molecule has 8 nitrogen and oxygen atoms in total. The fourth-order valence-electron chi connectivity index (χ4n) is 2.45. The zero-order valence-electron chi connectivity index (χ0n) is 16.7. The van der Waals surface area contributed by atoms with E-state index in [4.69, 9.17) is 10.1 Å². The number of hydrogen-bond donors (Lipinski definition) is 2. The highest BCUT2D eigenvalue weighted by molar-refractivity contribution is 7.97. The largest absolute Gasteiger partial charge is 0.495 e. The van der Waals surface area contributed by atoms with Crippen LogP contribution in [0.3, 0.4) is 0 Å². The number of aromatic nitrogens is 2. The van der Waals surface area contributed by atoms with Crippen LogP contribution < -0.4 is 10.1 Å². The SMILES string of the molecule is C=N/C=C\N(Cc1cnn(C)c1)C(=N)CNc1ccc(SN(C)C)c(OC)c1. The average Bonchev–Trinajstić information content (AvgIpc) is 3.08. The predicted molar refractivity (Wildman–Crippen MR) is 116 cm³/mol. The van der Waals surface area contributed by atoms with Crippen molar-refractivity contribution in [1.29, 1.82) is 5.41 Å². The summed E-state index contributed by atoms with van der Waals surface area (Å²) in [6.45, 7) is 4.34. The van der Waals surface area contributed by atoms with E-state index in [0.29, 0.717) is 18.9 Å². The summed E-state index contributed by atoms with van der Waals surface area (Å²) in [5, 5.41) is 15.9. The second-order valence-corrected chi connectivity index (χ2v) is 7.55. The van der Waals surface area contributed by atoms with E-state index >= 15 is 0 Å². The fraction of sp³-hybridized carbons (Fsp3) is 0.316. The number of ether oxygens (including phenoxy) is 1. The number of anilines is 1. The predicted octanol–water partition coefficient (Wildman–Crippen LogP) is 3.06. The molecule has 2 N–H and O–H groups in total. The maximum absolute atomic E-state index is 8.44. The minimum absolute atomic E-state index is 0.352. The van der Waals surface area contributed by atoms with Gasteiger partial charge in [-0.05, 0) is 44.9 Å². The normalized spacial score (nSPS) is 11.0. The summed E-state index contributed by atoms with van der Waals surface area (Å²) in [5.74, 6) is 1.19. The van der Waals surface area contributed by atoms with E-state index in [1.807, 2.05) is 49.8 Å². The molecule has 28 heavy (non-hydrogen) atoms. The molecule has 0 radical (unpaired) electrons. The van der Waals surface area contributed by atoms with Gasteiger partial charge in [-0.15, -0.1) is 0 Å². The molecular weight excluding hydrogens is 374 g/mol. The number of aryl methyl sites for hydroxylation is 1. The van der Waals surface area contributed by atoms with Crippen molar-refractivity contribution in [2.45, 2.75) is 11.4 Å². The molecule has 0 aliphatic heterocycles. The number of amidine groups is 1. The Balaban J connectivity index is 2.04. The maximum Gasteiger partial charge on any atom is 0.135 e. The van der Waals surface area contributed by atoms with Crippen molar-refractivity contribution in [3.8, 4) is 5.75 Å². The average molecular weight is 402 g/mol. The van der Waals surface area contributed by atoms with Crippen LogP contribution in [0.5, 0.6) is 5.75 Å². The van der Waals surface area contributed by atoms with Gasteiger partial charge in [0.15, 0.2) is 0 Å². The molecule has 0 unspecified atom stereocenters. The minimum atomic E-state index is 0.352. The fourth-order valence-corrected chi connectivity index (χ4v) is 3.21.